The zero-order chi connectivity index (χ0) is 19.3. The first-order valence-electron chi connectivity index (χ1n) is 8.24. The quantitative estimate of drug-likeness (QED) is 0.551. The zero-order valence-electron chi connectivity index (χ0n) is 15.7. The summed E-state index contributed by atoms with van der Waals surface area (Å²) in [7, 11) is 3.10. The monoisotopic (exact) mass is 383 g/mol. The Morgan fingerprint density at radius 2 is 2.00 bits per heavy atom. The summed E-state index contributed by atoms with van der Waals surface area (Å²) in [6.45, 7) is 6.28. The van der Waals surface area contributed by atoms with Gasteiger partial charge in [0.25, 0.3) is 0 Å². The van der Waals surface area contributed by atoms with Gasteiger partial charge in [0.1, 0.15) is 11.0 Å². The molecule has 26 heavy (non-hydrogen) atoms. The summed E-state index contributed by atoms with van der Waals surface area (Å²) >= 11 is 1.54. The minimum atomic E-state index is -0.796. The molecule has 1 aliphatic rings. The van der Waals surface area contributed by atoms with Gasteiger partial charge < -0.3 is 23.8 Å². The molecule has 0 spiro atoms. The molecule has 1 aliphatic heterocycles. The van der Waals surface area contributed by atoms with Crippen molar-refractivity contribution in [2.75, 3.05) is 33.1 Å². The Morgan fingerprint density at radius 3 is 2.62 bits per heavy atom. The van der Waals surface area contributed by atoms with Gasteiger partial charge >= 0.3 is 6.16 Å². The lowest BCUT2D eigenvalue weighted by atomic mass is 10.2. The van der Waals surface area contributed by atoms with Crippen molar-refractivity contribution in [3.05, 3.63) is 23.8 Å². The number of carbonyl (C=O) groups is 2. The molecule has 1 unspecified atom stereocenters. The van der Waals surface area contributed by atoms with Crippen LogP contribution in [-0.2, 0) is 14.3 Å². The van der Waals surface area contributed by atoms with Crippen LogP contribution in [0.1, 0.15) is 31.7 Å². The molecule has 1 aromatic carbocycles. The molecule has 1 amide bonds. The SMILES string of the molecule is COCCN1C(=O)CSC1c1ccc(OC(=O)OC(C)(C)C)c(OC)c1. The van der Waals surface area contributed by atoms with Crippen LogP contribution in [0.2, 0.25) is 0 Å². The molecule has 144 valence electrons. The van der Waals surface area contributed by atoms with Crippen LogP contribution in [0.4, 0.5) is 4.79 Å². The molecule has 0 aliphatic carbocycles. The first-order chi connectivity index (χ1) is 12.2. The molecule has 2 rings (SSSR count). The highest BCUT2D eigenvalue weighted by molar-refractivity contribution is 8.00. The first kappa shape index (κ1) is 20.4. The molecule has 8 heteroatoms. The van der Waals surface area contributed by atoms with Crippen molar-refractivity contribution < 1.29 is 28.5 Å². The van der Waals surface area contributed by atoms with Crippen molar-refractivity contribution in [2.45, 2.75) is 31.7 Å². The maximum Gasteiger partial charge on any atom is 0.514 e. The van der Waals surface area contributed by atoms with E-state index < -0.39 is 11.8 Å². The van der Waals surface area contributed by atoms with Gasteiger partial charge in [0.05, 0.1) is 19.5 Å². The van der Waals surface area contributed by atoms with E-state index in [4.69, 9.17) is 18.9 Å². The third-order valence-electron chi connectivity index (χ3n) is 3.56. The summed E-state index contributed by atoms with van der Waals surface area (Å²) in [5.74, 6) is 1.17. The number of thioether (sulfide) groups is 1. The van der Waals surface area contributed by atoms with E-state index in [9.17, 15) is 9.59 Å². The van der Waals surface area contributed by atoms with Crippen molar-refractivity contribution in [3.63, 3.8) is 0 Å². The van der Waals surface area contributed by atoms with E-state index in [0.717, 1.165) is 5.56 Å². The normalized spacial score (nSPS) is 17.3. The van der Waals surface area contributed by atoms with E-state index in [1.54, 1.807) is 56.7 Å². The van der Waals surface area contributed by atoms with E-state index >= 15 is 0 Å². The topological polar surface area (TPSA) is 74.3 Å². The molecule has 1 saturated heterocycles. The van der Waals surface area contributed by atoms with Crippen LogP contribution in [0.15, 0.2) is 18.2 Å². The third kappa shape index (κ3) is 5.28. The van der Waals surface area contributed by atoms with Gasteiger partial charge in [-0.05, 0) is 38.5 Å². The highest BCUT2D eigenvalue weighted by Crippen LogP contribution is 2.41. The lowest BCUT2D eigenvalue weighted by Gasteiger charge is -2.24. The van der Waals surface area contributed by atoms with Gasteiger partial charge in [-0.2, -0.15) is 0 Å². The number of ether oxygens (including phenoxy) is 4. The van der Waals surface area contributed by atoms with Gasteiger partial charge in [-0.15, -0.1) is 11.8 Å². The molecule has 1 heterocycles. The number of rotatable bonds is 6. The van der Waals surface area contributed by atoms with Crippen LogP contribution < -0.4 is 9.47 Å². The Kier molecular flexibility index (Phi) is 6.77. The second-order valence-electron chi connectivity index (χ2n) is 6.72. The van der Waals surface area contributed by atoms with E-state index in [0.29, 0.717) is 24.7 Å². The van der Waals surface area contributed by atoms with Gasteiger partial charge in [-0.3, -0.25) is 4.79 Å². The van der Waals surface area contributed by atoms with Gasteiger partial charge in [-0.1, -0.05) is 6.07 Å². The van der Waals surface area contributed by atoms with Gasteiger partial charge in [0.15, 0.2) is 11.5 Å². The number of amides is 1. The number of benzene rings is 1. The van der Waals surface area contributed by atoms with Crippen LogP contribution in [0.25, 0.3) is 0 Å². The van der Waals surface area contributed by atoms with Gasteiger partial charge in [0, 0.05) is 13.7 Å². The van der Waals surface area contributed by atoms with E-state index in [-0.39, 0.29) is 17.0 Å². The number of carbonyl (C=O) groups excluding carboxylic acids is 2. The average Bonchev–Trinajstić information content (AvgIpc) is 2.92. The second kappa shape index (κ2) is 8.64. The van der Waals surface area contributed by atoms with Crippen LogP contribution in [0.5, 0.6) is 11.5 Å². The van der Waals surface area contributed by atoms with Crippen molar-refractivity contribution in [1.29, 1.82) is 0 Å². The smallest absolute Gasteiger partial charge is 0.493 e. The molecule has 0 aromatic heterocycles. The van der Waals surface area contributed by atoms with Crippen molar-refractivity contribution in [3.8, 4) is 11.5 Å². The predicted molar refractivity (Wildman–Crippen MR) is 98.6 cm³/mol. The number of hydrogen-bond donors (Lipinski definition) is 0. The molecule has 7 nitrogen and oxygen atoms in total. The Bertz CT molecular complexity index is 658. The summed E-state index contributed by atoms with van der Waals surface area (Å²) in [6, 6.07) is 5.24. The Morgan fingerprint density at radius 1 is 1.27 bits per heavy atom. The number of hydrogen-bond acceptors (Lipinski definition) is 7. The highest BCUT2D eigenvalue weighted by atomic mass is 32.2. The molecule has 1 aromatic rings. The fraction of sp³-hybridized carbons (Fsp3) is 0.556. The third-order valence-corrected chi connectivity index (χ3v) is 4.82. The summed E-state index contributed by atoms with van der Waals surface area (Å²) < 4.78 is 20.8. The minimum Gasteiger partial charge on any atom is -0.493 e. The molecule has 0 bridgehead atoms. The lowest BCUT2D eigenvalue weighted by Crippen LogP contribution is -2.31. The maximum atomic E-state index is 12.1. The number of nitrogens with zero attached hydrogens (tertiary/aromatic N) is 1. The van der Waals surface area contributed by atoms with Crippen molar-refractivity contribution in [2.24, 2.45) is 0 Å². The van der Waals surface area contributed by atoms with Crippen molar-refractivity contribution >= 4 is 23.8 Å². The molecule has 1 atom stereocenters. The molecular weight excluding hydrogens is 358 g/mol. The van der Waals surface area contributed by atoms with Gasteiger partial charge in [0.2, 0.25) is 5.91 Å². The van der Waals surface area contributed by atoms with E-state index in [2.05, 4.69) is 0 Å². The molecule has 0 N–H and O–H groups in total. The minimum absolute atomic E-state index is 0.0742. The molecular formula is C18H25NO6S. The van der Waals surface area contributed by atoms with Crippen LogP contribution >= 0.6 is 11.8 Å². The van der Waals surface area contributed by atoms with Crippen LogP contribution in [0, 0.1) is 0 Å². The predicted octanol–water partition coefficient (Wildman–Crippen LogP) is 3.23. The molecule has 0 radical (unpaired) electrons. The molecule has 1 fully saturated rings. The molecule has 0 saturated carbocycles. The maximum absolute atomic E-state index is 12.1. The fourth-order valence-corrected chi connectivity index (χ4v) is 3.65. The van der Waals surface area contributed by atoms with E-state index in [1.165, 1.54) is 7.11 Å². The second-order valence-corrected chi connectivity index (χ2v) is 7.79. The van der Waals surface area contributed by atoms with Crippen LogP contribution in [-0.4, -0.2) is 55.7 Å². The highest BCUT2D eigenvalue weighted by Gasteiger charge is 2.33. The zero-order valence-corrected chi connectivity index (χ0v) is 16.6. The summed E-state index contributed by atoms with van der Waals surface area (Å²) in [5.41, 5.74) is 0.248. The van der Waals surface area contributed by atoms with Crippen LogP contribution in [0.3, 0.4) is 0 Å². The largest absolute Gasteiger partial charge is 0.514 e. The summed E-state index contributed by atoms with van der Waals surface area (Å²) in [6.07, 6.45) is -0.796. The Labute approximate surface area is 157 Å². The Balaban J connectivity index is 2.17. The number of methoxy groups -OCH3 is 2. The average molecular weight is 383 g/mol. The summed E-state index contributed by atoms with van der Waals surface area (Å²) in [4.78, 5) is 25.8. The Hall–Kier alpha value is -1.93. The van der Waals surface area contributed by atoms with E-state index in [1.807, 2.05) is 6.07 Å². The lowest BCUT2D eigenvalue weighted by molar-refractivity contribution is -0.128. The van der Waals surface area contributed by atoms with Crippen molar-refractivity contribution in [1.82, 2.24) is 4.90 Å². The first-order valence-corrected chi connectivity index (χ1v) is 9.29. The fourth-order valence-electron chi connectivity index (χ4n) is 2.44. The summed E-state index contributed by atoms with van der Waals surface area (Å²) in [5, 5.41) is -0.123. The standard InChI is InChI=1S/C18H25NO6S/c1-18(2,3)25-17(21)24-13-7-6-12(10-14(13)23-5)16-19(8-9-22-4)15(20)11-26-16/h6-7,10,16H,8-9,11H2,1-5H3. The van der Waals surface area contributed by atoms with Gasteiger partial charge in [-0.25, -0.2) is 4.79 Å².